The van der Waals surface area contributed by atoms with Gasteiger partial charge < -0.3 is 10.6 Å². The van der Waals surface area contributed by atoms with Gasteiger partial charge in [0.2, 0.25) is 0 Å². The van der Waals surface area contributed by atoms with Gasteiger partial charge in [-0.15, -0.1) is 0 Å². The van der Waals surface area contributed by atoms with Gasteiger partial charge in [0.25, 0.3) is 5.91 Å². The number of hydrogen-bond acceptors (Lipinski definition) is 3. The molecule has 0 atom stereocenters. The molecule has 0 aromatic heterocycles. The van der Waals surface area contributed by atoms with Gasteiger partial charge in [-0.2, -0.15) is 5.26 Å². The van der Waals surface area contributed by atoms with Crippen LogP contribution in [0.1, 0.15) is 37.0 Å². The number of hydrogen-bond donors (Lipinski definition) is 2. The molecular weight excluding hydrogens is 238 g/mol. The van der Waals surface area contributed by atoms with Crippen molar-refractivity contribution in [3.63, 3.8) is 0 Å². The lowest BCUT2D eigenvalue weighted by atomic mass is 9.88. The van der Waals surface area contributed by atoms with Crippen LogP contribution < -0.4 is 10.6 Å². The fourth-order valence-electron chi connectivity index (χ4n) is 1.74. The van der Waals surface area contributed by atoms with Gasteiger partial charge in [-0.3, -0.25) is 4.79 Å². The average Bonchev–Trinajstić information content (AvgIpc) is 2.42. The number of nitrogens with zero attached hydrogens (tertiary/aromatic N) is 1. The van der Waals surface area contributed by atoms with Gasteiger partial charge in [0, 0.05) is 31.3 Å². The summed E-state index contributed by atoms with van der Waals surface area (Å²) >= 11 is 0. The van der Waals surface area contributed by atoms with E-state index in [1.807, 2.05) is 18.2 Å². The molecule has 2 N–H and O–H groups in total. The second-order valence-corrected chi connectivity index (χ2v) is 5.34. The summed E-state index contributed by atoms with van der Waals surface area (Å²) in [5.74, 6) is -0.0904. The Labute approximate surface area is 114 Å². The standard InChI is InChI=1S/C15H21N3O/c1-15(2,8-5-9-16)11-18-13-7-4-6-12(10-13)14(19)17-3/h4,6-7,10,18H,5,8,11H2,1-3H3,(H,17,19). The van der Waals surface area contributed by atoms with Crippen LogP contribution in [0.15, 0.2) is 24.3 Å². The Morgan fingerprint density at radius 2 is 2.16 bits per heavy atom. The second kappa shape index (κ2) is 6.79. The molecule has 0 aliphatic rings. The third kappa shape index (κ3) is 5.01. The monoisotopic (exact) mass is 259 g/mol. The van der Waals surface area contributed by atoms with Gasteiger partial charge in [-0.25, -0.2) is 0 Å². The van der Waals surface area contributed by atoms with Crippen LogP contribution in [0.2, 0.25) is 0 Å². The summed E-state index contributed by atoms with van der Waals surface area (Å²) < 4.78 is 0. The van der Waals surface area contributed by atoms with Gasteiger partial charge in [0.15, 0.2) is 0 Å². The number of amides is 1. The quantitative estimate of drug-likeness (QED) is 0.825. The zero-order valence-corrected chi connectivity index (χ0v) is 11.8. The normalized spacial score (nSPS) is 10.6. The lowest BCUT2D eigenvalue weighted by Gasteiger charge is -2.24. The van der Waals surface area contributed by atoms with Gasteiger partial charge in [-0.05, 0) is 30.0 Å². The molecule has 4 heteroatoms. The number of rotatable bonds is 6. The van der Waals surface area contributed by atoms with Crippen molar-refractivity contribution in [2.24, 2.45) is 5.41 Å². The minimum atomic E-state index is -0.0904. The lowest BCUT2D eigenvalue weighted by molar-refractivity contribution is 0.0963. The molecule has 1 rings (SSSR count). The maximum atomic E-state index is 11.5. The fraction of sp³-hybridized carbons (Fsp3) is 0.467. The number of carbonyl (C=O) groups excluding carboxylic acids is 1. The van der Waals surface area contributed by atoms with Gasteiger partial charge >= 0.3 is 0 Å². The molecule has 0 heterocycles. The molecule has 0 fully saturated rings. The van der Waals surface area contributed by atoms with Crippen LogP contribution in [-0.4, -0.2) is 19.5 Å². The molecule has 1 amide bonds. The topological polar surface area (TPSA) is 64.9 Å². The molecule has 102 valence electrons. The van der Waals surface area contributed by atoms with Crippen molar-refractivity contribution in [2.75, 3.05) is 18.9 Å². The van der Waals surface area contributed by atoms with Crippen LogP contribution >= 0.6 is 0 Å². The Morgan fingerprint density at radius 3 is 2.79 bits per heavy atom. The smallest absolute Gasteiger partial charge is 0.251 e. The molecule has 0 aliphatic heterocycles. The fourth-order valence-corrected chi connectivity index (χ4v) is 1.74. The van der Waals surface area contributed by atoms with E-state index in [0.29, 0.717) is 12.0 Å². The first-order chi connectivity index (χ1) is 8.98. The first-order valence-corrected chi connectivity index (χ1v) is 6.41. The number of anilines is 1. The Balaban J connectivity index is 2.63. The summed E-state index contributed by atoms with van der Waals surface area (Å²) in [6.45, 7) is 5.02. The van der Waals surface area contributed by atoms with Crippen molar-refractivity contribution in [1.82, 2.24) is 5.32 Å². The van der Waals surface area contributed by atoms with Crippen LogP contribution in [-0.2, 0) is 0 Å². The van der Waals surface area contributed by atoms with Gasteiger partial charge in [-0.1, -0.05) is 19.9 Å². The highest BCUT2D eigenvalue weighted by Gasteiger charge is 2.17. The molecule has 19 heavy (non-hydrogen) atoms. The molecule has 1 aromatic rings. The first-order valence-electron chi connectivity index (χ1n) is 6.41. The van der Waals surface area contributed by atoms with Crippen LogP contribution in [0.4, 0.5) is 5.69 Å². The minimum Gasteiger partial charge on any atom is -0.384 e. The van der Waals surface area contributed by atoms with Crippen molar-refractivity contribution < 1.29 is 4.79 Å². The number of nitriles is 1. The molecule has 0 aliphatic carbocycles. The maximum absolute atomic E-state index is 11.5. The summed E-state index contributed by atoms with van der Waals surface area (Å²) in [6.07, 6.45) is 1.42. The molecule has 0 radical (unpaired) electrons. The summed E-state index contributed by atoms with van der Waals surface area (Å²) in [7, 11) is 1.62. The zero-order valence-electron chi connectivity index (χ0n) is 11.8. The van der Waals surface area contributed by atoms with Crippen LogP contribution in [0, 0.1) is 16.7 Å². The van der Waals surface area contributed by atoms with E-state index in [0.717, 1.165) is 18.7 Å². The summed E-state index contributed by atoms with van der Waals surface area (Å²) in [6, 6.07) is 9.58. The largest absolute Gasteiger partial charge is 0.384 e. The number of carbonyl (C=O) groups is 1. The first kappa shape index (κ1) is 15.0. The van der Waals surface area contributed by atoms with Crippen molar-refractivity contribution in [1.29, 1.82) is 5.26 Å². The van der Waals surface area contributed by atoms with E-state index in [1.165, 1.54) is 0 Å². The van der Waals surface area contributed by atoms with Crippen LogP contribution in [0.5, 0.6) is 0 Å². The third-order valence-electron chi connectivity index (χ3n) is 3.04. The third-order valence-corrected chi connectivity index (χ3v) is 3.04. The van der Waals surface area contributed by atoms with E-state index >= 15 is 0 Å². The molecule has 4 nitrogen and oxygen atoms in total. The molecule has 1 aromatic carbocycles. The molecule has 0 saturated heterocycles. The number of nitrogens with one attached hydrogen (secondary N) is 2. The van der Waals surface area contributed by atoms with E-state index in [1.54, 1.807) is 13.1 Å². The van der Waals surface area contributed by atoms with Crippen molar-refractivity contribution in [2.45, 2.75) is 26.7 Å². The van der Waals surface area contributed by atoms with Crippen LogP contribution in [0.3, 0.4) is 0 Å². The predicted molar refractivity (Wildman–Crippen MR) is 76.9 cm³/mol. The molecular formula is C15H21N3O. The van der Waals surface area contributed by atoms with E-state index in [2.05, 4.69) is 30.6 Å². The highest BCUT2D eigenvalue weighted by atomic mass is 16.1. The molecule has 0 spiro atoms. The van der Waals surface area contributed by atoms with Gasteiger partial charge in [0.1, 0.15) is 0 Å². The highest BCUT2D eigenvalue weighted by molar-refractivity contribution is 5.94. The van der Waals surface area contributed by atoms with E-state index in [4.69, 9.17) is 5.26 Å². The van der Waals surface area contributed by atoms with Crippen LogP contribution in [0.25, 0.3) is 0 Å². The van der Waals surface area contributed by atoms with E-state index in [9.17, 15) is 4.79 Å². The van der Waals surface area contributed by atoms with Crippen molar-refractivity contribution in [3.8, 4) is 6.07 Å². The Morgan fingerprint density at radius 1 is 1.42 bits per heavy atom. The molecule has 0 bridgehead atoms. The SMILES string of the molecule is CNC(=O)c1cccc(NCC(C)(C)CCC#N)c1. The summed E-state index contributed by atoms with van der Waals surface area (Å²) in [5.41, 5.74) is 1.62. The van der Waals surface area contributed by atoms with E-state index in [-0.39, 0.29) is 11.3 Å². The highest BCUT2D eigenvalue weighted by Crippen LogP contribution is 2.23. The lowest BCUT2D eigenvalue weighted by Crippen LogP contribution is -2.23. The number of benzene rings is 1. The summed E-state index contributed by atoms with van der Waals surface area (Å²) in [5, 5.41) is 14.6. The predicted octanol–water partition coefficient (Wildman–Crippen LogP) is 2.79. The molecule has 0 unspecified atom stereocenters. The Kier molecular flexibility index (Phi) is 5.37. The minimum absolute atomic E-state index is 0.0543. The molecule has 0 saturated carbocycles. The van der Waals surface area contributed by atoms with Gasteiger partial charge in [0.05, 0.1) is 6.07 Å². The maximum Gasteiger partial charge on any atom is 0.251 e. The Hall–Kier alpha value is -2.02. The second-order valence-electron chi connectivity index (χ2n) is 5.34. The average molecular weight is 259 g/mol. The van der Waals surface area contributed by atoms with E-state index < -0.39 is 0 Å². The Bertz CT molecular complexity index is 475. The van der Waals surface area contributed by atoms with Crippen molar-refractivity contribution in [3.05, 3.63) is 29.8 Å². The zero-order chi connectivity index (χ0) is 14.3. The summed E-state index contributed by atoms with van der Waals surface area (Å²) in [4.78, 5) is 11.5. The van der Waals surface area contributed by atoms with Crippen molar-refractivity contribution >= 4 is 11.6 Å².